The Labute approximate surface area is 155 Å². The van der Waals surface area contributed by atoms with Gasteiger partial charge in [-0.25, -0.2) is 4.39 Å². The molecule has 0 saturated carbocycles. The molecule has 7 nitrogen and oxygen atoms in total. The molecule has 0 bridgehead atoms. The van der Waals surface area contributed by atoms with Gasteiger partial charge in [-0.3, -0.25) is 19.3 Å². The molecule has 1 aromatic rings. The number of hydrogen-bond acceptors (Lipinski definition) is 4. The fraction of sp³-hybridized carbons (Fsp3) is 0.526. The number of rotatable bonds is 1. The second kappa shape index (κ2) is 5.36. The number of imide groups is 1. The van der Waals surface area contributed by atoms with Crippen LogP contribution in [0, 0.1) is 17.7 Å². The summed E-state index contributed by atoms with van der Waals surface area (Å²) in [5.74, 6) is -3.68. The van der Waals surface area contributed by atoms with Gasteiger partial charge in [0.2, 0.25) is 17.4 Å². The first-order valence-corrected chi connectivity index (χ1v) is 9.03. The van der Waals surface area contributed by atoms with Crippen LogP contribution in [0.15, 0.2) is 18.2 Å². The lowest BCUT2D eigenvalue weighted by Crippen LogP contribution is -3.00. The van der Waals surface area contributed by atoms with Gasteiger partial charge in [-0.1, -0.05) is 0 Å². The van der Waals surface area contributed by atoms with Crippen molar-refractivity contribution in [3.05, 3.63) is 29.6 Å². The number of carbonyl (C=O) groups is 3. The van der Waals surface area contributed by atoms with Crippen molar-refractivity contribution in [3.63, 3.8) is 0 Å². The Morgan fingerprint density at radius 1 is 1.26 bits per heavy atom. The average molecular weight is 376 g/mol. The average Bonchev–Trinajstić information content (AvgIpc) is 3.13. The van der Waals surface area contributed by atoms with Gasteiger partial charge in [-0.15, -0.1) is 0 Å². The Morgan fingerprint density at radius 2 is 1.93 bits per heavy atom. The summed E-state index contributed by atoms with van der Waals surface area (Å²) < 4.78 is 14.0. The molecule has 0 radical (unpaired) electrons. The Morgan fingerprint density at radius 3 is 2.52 bits per heavy atom. The molecule has 0 aromatic heterocycles. The zero-order valence-corrected chi connectivity index (χ0v) is 15.6. The number of nitrogens with zero attached hydrogens (tertiary/aromatic N) is 1. The van der Waals surface area contributed by atoms with Crippen LogP contribution in [0.5, 0.6) is 0 Å². The van der Waals surface area contributed by atoms with E-state index in [1.54, 1.807) is 26.1 Å². The number of benzene rings is 1. The molecule has 0 aliphatic carbocycles. The predicted molar refractivity (Wildman–Crippen MR) is 92.7 cm³/mol. The molecule has 3 aliphatic heterocycles. The van der Waals surface area contributed by atoms with Gasteiger partial charge in [0.1, 0.15) is 29.8 Å². The van der Waals surface area contributed by atoms with Gasteiger partial charge in [0.15, 0.2) is 0 Å². The van der Waals surface area contributed by atoms with Crippen LogP contribution >= 0.6 is 0 Å². The maximum Gasteiger partial charge on any atom is 0.291 e. The van der Waals surface area contributed by atoms with Gasteiger partial charge in [-0.2, -0.15) is 0 Å². The third-order valence-corrected chi connectivity index (χ3v) is 5.99. The molecule has 8 heteroatoms. The van der Waals surface area contributed by atoms with Crippen LogP contribution in [0.1, 0.15) is 33.3 Å². The molecule has 1 spiro atoms. The number of amides is 3. The molecule has 4 rings (SSSR count). The van der Waals surface area contributed by atoms with Crippen molar-refractivity contribution in [2.75, 3.05) is 5.32 Å². The summed E-state index contributed by atoms with van der Waals surface area (Å²) in [6.07, 6.45) is -0.932. The van der Waals surface area contributed by atoms with Crippen LogP contribution in [0.2, 0.25) is 0 Å². The first-order chi connectivity index (χ1) is 12.5. The molecule has 5 atom stereocenters. The lowest BCUT2D eigenvalue weighted by atomic mass is 9.76. The Balaban J connectivity index is 1.95. The number of carbonyl (C=O) groups excluding carboxylic acids is 3. The Hall–Kier alpha value is -2.32. The maximum atomic E-state index is 14.0. The van der Waals surface area contributed by atoms with E-state index in [0.717, 1.165) is 0 Å². The standard InChI is InChI=1S/C19H22FN3O4/c1-8(24)14-12-13(16(26)23(15(12)25)18(2,3)4)19(22-14)10-7-9(20)5-6-11(10)21-17(19)27/h5-8,12-14,22,24H,1-4H3,(H,21,27)/p+1/t8-,12-,13-,14+,19-/m0/s1. The van der Waals surface area contributed by atoms with Crippen molar-refractivity contribution in [1.82, 2.24) is 4.90 Å². The highest BCUT2D eigenvalue weighted by Gasteiger charge is 2.75. The minimum atomic E-state index is -1.46. The smallest absolute Gasteiger partial charge is 0.291 e. The third kappa shape index (κ3) is 2.17. The molecule has 27 heavy (non-hydrogen) atoms. The fourth-order valence-corrected chi connectivity index (χ4v) is 4.96. The summed E-state index contributed by atoms with van der Waals surface area (Å²) in [5.41, 5.74) is -1.45. The highest BCUT2D eigenvalue weighted by atomic mass is 19.1. The van der Waals surface area contributed by atoms with E-state index >= 15 is 0 Å². The summed E-state index contributed by atoms with van der Waals surface area (Å²) in [4.78, 5) is 40.7. The number of nitrogens with one attached hydrogen (secondary N) is 1. The number of aliphatic hydroxyl groups excluding tert-OH is 1. The van der Waals surface area contributed by atoms with Gasteiger partial charge >= 0.3 is 0 Å². The number of aliphatic hydroxyl groups is 1. The molecule has 3 heterocycles. The van der Waals surface area contributed by atoms with E-state index in [2.05, 4.69) is 5.32 Å². The topological polar surface area (TPSA) is 103 Å². The van der Waals surface area contributed by atoms with E-state index in [-0.39, 0.29) is 0 Å². The van der Waals surface area contributed by atoms with Gasteiger partial charge in [0.25, 0.3) is 5.91 Å². The minimum Gasteiger partial charge on any atom is -0.387 e. The summed E-state index contributed by atoms with van der Waals surface area (Å²) in [6.45, 7) is 6.79. The first kappa shape index (κ1) is 18.1. The van der Waals surface area contributed by atoms with Crippen molar-refractivity contribution < 1.29 is 29.2 Å². The van der Waals surface area contributed by atoms with Crippen molar-refractivity contribution in [1.29, 1.82) is 0 Å². The van der Waals surface area contributed by atoms with E-state index in [1.165, 1.54) is 30.0 Å². The number of anilines is 1. The van der Waals surface area contributed by atoms with Crippen LogP contribution < -0.4 is 10.6 Å². The van der Waals surface area contributed by atoms with Gasteiger partial charge in [0, 0.05) is 11.1 Å². The molecule has 144 valence electrons. The number of halogens is 1. The molecule has 3 aliphatic rings. The molecule has 3 amide bonds. The van der Waals surface area contributed by atoms with E-state index in [1.807, 2.05) is 0 Å². The van der Waals surface area contributed by atoms with E-state index in [0.29, 0.717) is 11.3 Å². The lowest BCUT2D eigenvalue weighted by molar-refractivity contribution is -0.738. The molecule has 4 N–H and O–H groups in total. The minimum absolute atomic E-state index is 0.350. The van der Waals surface area contributed by atoms with Crippen LogP contribution in [0.3, 0.4) is 0 Å². The van der Waals surface area contributed by atoms with E-state index < -0.39 is 58.6 Å². The molecule has 0 unspecified atom stereocenters. The zero-order valence-electron chi connectivity index (χ0n) is 15.6. The molecule has 1 aromatic carbocycles. The number of hydrogen-bond donors (Lipinski definition) is 3. The number of fused-ring (bicyclic) bond motifs is 4. The van der Waals surface area contributed by atoms with E-state index in [4.69, 9.17) is 0 Å². The number of quaternary nitrogens is 1. The SMILES string of the molecule is C[C@H](O)[C@H]1[NH2+][C@]2(C(=O)Nc3ccc(F)cc32)[C@@H]2C(=O)N(C(C)(C)C)C(=O)[C@H]12. The summed E-state index contributed by atoms with van der Waals surface area (Å²) >= 11 is 0. The first-order valence-electron chi connectivity index (χ1n) is 9.03. The fourth-order valence-electron chi connectivity index (χ4n) is 4.96. The van der Waals surface area contributed by atoms with Crippen molar-refractivity contribution in [3.8, 4) is 0 Å². The second-order valence-corrected chi connectivity index (χ2v) is 8.68. The van der Waals surface area contributed by atoms with Crippen molar-refractivity contribution in [2.45, 2.75) is 50.9 Å². The quantitative estimate of drug-likeness (QED) is 0.586. The van der Waals surface area contributed by atoms with Crippen molar-refractivity contribution >= 4 is 23.4 Å². The monoisotopic (exact) mass is 376 g/mol. The predicted octanol–water partition coefficient (Wildman–Crippen LogP) is -0.301. The normalized spacial score (nSPS) is 33.5. The zero-order chi connectivity index (χ0) is 19.9. The van der Waals surface area contributed by atoms with Crippen LogP contribution in [0.25, 0.3) is 0 Å². The van der Waals surface area contributed by atoms with Gasteiger partial charge < -0.3 is 15.7 Å². The van der Waals surface area contributed by atoms with Crippen LogP contribution in [-0.4, -0.2) is 45.4 Å². The summed E-state index contributed by atoms with van der Waals surface area (Å²) in [5, 5.41) is 14.6. The van der Waals surface area contributed by atoms with Gasteiger partial charge in [0.05, 0.1) is 5.69 Å². The molecular weight excluding hydrogens is 353 g/mol. The maximum absolute atomic E-state index is 14.0. The third-order valence-electron chi connectivity index (χ3n) is 5.99. The molecule has 2 fully saturated rings. The summed E-state index contributed by atoms with van der Waals surface area (Å²) in [7, 11) is 0. The molecular formula is C19H23FN3O4+. The second-order valence-electron chi connectivity index (χ2n) is 8.68. The van der Waals surface area contributed by atoms with Crippen LogP contribution in [-0.2, 0) is 19.9 Å². The number of nitrogens with two attached hydrogens (primary N) is 1. The van der Waals surface area contributed by atoms with Gasteiger partial charge in [-0.05, 0) is 45.9 Å². The number of likely N-dealkylation sites (tertiary alicyclic amines) is 1. The van der Waals surface area contributed by atoms with E-state index in [9.17, 15) is 23.9 Å². The largest absolute Gasteiger partial charge is 0.387 e. The Kier molecular flexibility index (Phi) is 3.58. The Bertz CT molecular complexity index is 878. The lowest BCUT2D eigenvalue weighted by Gasteiger charge is -2.33. The summed E-state index contributed by atoms with van der Waals surface area (Å²) in [6, 6.07) is 3.25. The van der Waals surface area contributed by atoms with Crippen LogP contribution in [0.4, 0.5) is 10.1 Å². The highest BCUT2D eigenvalue weighted by Crippen LogP contribution is 2.50. The highest BCUT2D eigenvalue weighted by molar-refractivity contribution is 6.14. The van der Waals surface area contributed by atoms with Crippen molar-refractivity contribution in [2.24, 2.45) is 11.8 Å². The molecule has 2 saturated heterocycles.